The second kappa shape index (κ2) is 7.41. The molecule has 0 spiro atoms. The predicted octanol–water partition coefficient (Wildman–Crippen LogP) is 4.35. The van der Waals surface area contributed by atoms with Crippen LogP contribution in [0.1, 0.15) is 30.9 Å². The van der Waals surface area contributed by atoms with Crippen molar-refractivity contribution in [3.05, 3.63) is 65.9 Å². The van der Waals surface area contributed by atoms with Crippen LogP contribution in [0.3, 0.4) is 0 Å². The molecule has 0 aliphatic rings. The monoisotopic (exact) mass is 330 g/mol. The van der Waals surface area contributed by atoms with Gasteiger partial charge in [-0.2, -0.15) is 15.3 Å². The number of nitrogens with one attached hydrogen (secondary N) is 2. The van der Waals surface area contributed by atoms with Crippen LogP contribution in [0, 0.1) is 11.3 Å². The van der Waals surface area contributed by atoms with Gasteiger partial charge in [0.2, 0.25) is 5.95 Å². The molecule has 0 amide bonds. The van der Waals surface area contributed by atoms with Crippen molar-refractivity contribution in [3.63, 3.8) is 0 Å². The molecule has 25 heavy (non-hydrogen) atoms. The zero-order chi connectivity index (χ0) is 17.6. The number of nitriles is 1. The molecule has 0 radical (unpaired) electrons. The van der Waals surface area contributed by atoms with Gasteiger partial charge in [0.15, 0.2) is 5.82 Å². The Morgan fingerprint density at radius 3 is 2.20 bits per heavy atom. The number of hydrogen-bond donors (Lipinski definition) is 2. The zero-order valence-electron chi connectivity index (χ0n) is 14.1. The Balaban J connectivity index is 1.71. The fraction of sp³-hybridized carbons (Fsp3) is 0.158. The summed E-state index contributed by atoms with van der Waals surface area (Å²) in [5, 5.41) is 23.1. The summed E-state index contributed by atoms with van der Waals surface area (Å²) in [7, 11) is 0. The van der Waals surface area contributed by atoms with Gasteiger partial charge in [0.05, 0.1) is 17.8 Å². The Hall–Kier alpha value is -3.46. The molecule has 6 heteroatoms. The van der Waals surface area contributed by atoms with E-state index in [2.05, 4.69) is 57.9 Å². The molecule has 0 saturated carbocycles. The maximum atomic E-state index is 8.83. The van der Waals surface area contributed by atoms with Crippen LogP contribution in [-0.2, 0) is 0 Å². The van der Waals surface area contributed by atoms with E-state index in [-0.39, 0.29) is 0 Å². The average Bonchev–Trinajstić information content (AvgIpc) is 2.63. The van der Waals surface area contributed by atoms with E-state index in [4.69, 9.17) is 5.26 Å². The smallest absolute Gasteiger partial charge is 0.249 e. The van der Waals surface area contributed by atoms with Crippen molar-refractivity contribution >= 4 is 23.1 Å². The lowest BCUT2D eigenvalue weighted by atomic mass is 10.0. The minimum Gasteiger partial charge on any atom is -0.339 e. The van der Waals surface area contributed by atoms with Crippen LogP contribution in [0.4, 0.5) is 23.1 Å². The summed E-state index contributed by atoms with van der Waals surface area (Å²) < 4.78 is 0. The van der Waals surface area contributed by atoms with E-state index in [9.17, 15) is 0 Å². The number of anilines is 4. The molecule has 1 heterocycles. The van der Waals surface area contributed by atoms with Crippen LogP contribution in [0.15, 0.2) is 54.7 Å². The molecule has 0 fully saturated rings. The summed E-state index contributed by atoms with van der Waals surface area (Å²) in [6.45, 7) is 4.32. The van der Waals surface area contributed by atoms with Gasteiger partial charge in [-0.05, 0) is 47.9 Å². The maximum absolute atomic E-state index is 8.83. The van der Waals surface area contributed by atoms with Gasteiger partial charge in [0.1, 0.15) is 0 Å². The first-order valence-corrected chi connectivity index (χ1v) is 7.98. The lowest BCUT2D eigenvalue weighted by Crippen LogP contribution is -2.02. The minimum atomic E-state index is 0.413. The normalized spacial score (nSPS) is 10.3. The first-order valence-electron chi connectivity index (χ1n) is 7.98. The molecule has 2 N–H and O–H groups in total. The Morgan fingerprint density at radius 2 is 1.56 bits per heavy atom. The maximum Gasteiger partial charge on any atom is 0.249 e. The highest BCUT2D eigenvalue weighted by Crippen LogP contribution is 2.20. The molecule has 0 aliphatic heterocycles. The minimum absolute atomic E-state index is 0.413. The third kappa shape index (κ3) is 4.30. The van der Waals surface area contributed by atoms with Crippen molar-refractivity contribution < 1.29 is 0 Å². The van der Waals surface area contributed by atoms with E-state index in [1.165, 1.54) is 5.56 Å². The quantitative estimate of drug-likeness (QED) is 0.723. The average molecular weight is 330 g/mol. The van der Waals surface area contributed by atoms with E-state index in [0.29, 0.717) is 23.2 Å². The predicted molar refractivity (Wildman–Crippen MR) is 98.1 cm³/mol. The van der Waals surface area contributed by atoms with Crippen LogP contribution < -0.4 is 10.6 Å². The summed E-state index contributed by atoms with van der Waals surface area (Å²) in [5.41, 5.74) is 3.62. The zero-order valence-corrected chi connectivity index (χ0v) is 14.1. The van der Waals surface area contributed by atoms with Crippen molar-refractivity contribution in [2.75, 3.05) is 10.6 Å². The summed E-state index contributed by atoms with van der Waals surface area (Å²) >= 11 is 0. The third-order valence-electron chi connectivity index (χ3n) is 3.68. The SMILES string of the molecule is CC(C)c1ccc(Nc2nncc(Nc3ccc(C#N)cc3)n2)cc1. The fourth-order valence-electron chi connectivity index (χ4n) is 2.27. The van der Waals surface area contributed by atoms with Crippen molar-refractivity contribution in [1.29, 1.82) is 5.26 Å². The van der Waals surface area contributed by atoms with Gasteiger partial charge in [-0.15, -0.1) is 5.10 Å². The molecular weight excluding hydrogens is 312 g/mol. The summed E-state index contributed by atoms with van der Waals surface area (Å²) in [4.78, 5) is 4.40. The Labute approximate surface area is 146 Å². The molecule has 0 atom stereocenters. The van der Waals surface area contributed by atoms with Gasteiger partial charge in [-0.25, -0.2) is 0 Å². The molecular formula is C19H18N6. The molecule has 6 nitrogen and oxygen atoms in total. The number of hydrogen-bond acceptors (Lipinski definition) is 6. The van der Waals surface area contributed by atoms with Crippen LogP contribution in [0.25, 0.3) is 0 Å². The molecule has 0 unspecified atom stereocenters. The molecule has 3 rings (SSSR count). The van der Waals surface area contributed by atoms with Gasteiger partial charge in [0, 0.05) is 11.4 Å². The van der Waals surface area contributed by atoms with Crippen LogP contribution in [0.5, 0.6) is 0 Å². The fourth-order valence-corrected chi connectivity index (χ4v) is 2.27. The van der Waals surface area contributed by atoms with Gasteiger partial charge in [0.25, 0.3) is 0 Å². The van der Waals surface area contributed by atoms with E-state index in [1.54, 1.807) is 18.3 Å². The number of benzene rings is 2. The Kier molecular flexibility index (Phi) is 4.86. The van der Waals surface area contributed by atoms with Crippen molar-refractivity contribution in [2.45, 2.75) is 19.8 Å². The number of nitrogens with zero attached hydrogens (tertiary/aromatic N) is 4. The second-order valence-electron chi connectivity index (χ2n) is 5.88. The summed E-state index contributed by atoms with van der Waals surface area (Å²) in [5.74, 6) is 1.48. The molecule has 1 aromatic heterocycles. The Bertz CT molecular complexity index is 879. The van der Waals surface area contributed by atoms with E-state index in [1.807, 2.05) is 24.3 Å². The molecule has 124 valence electrons. The third-order valence-corrected chi connectivity index (χ3v) is 3.68. The van der Waals surface area contributed by atoms with Crippen LogP contribution >= 0.6 is 0 Å². The lowest BCUT2D eigenvalue weighted by molar-refractivity contribution is 0.867. The Morgan fingerprint density at radius 1 is 0.920 bits per heavy atom. The standard InChI is InChI=1S/C19H18N6/c1-13(2)15-5-9-17(10-6-15)23-19-24-18(12-21-25-19)22-16-7-3-14(11-20)4-8-16/h3-10,12-13H,1-2H3,(H2,22,23,24,25). The van der Waals surface area contributed by atoms with E-state index < -0.39 is 0 Å². The first kappa shape index (κ1) is 16.4. The lowest BCUT2D eigenvalue weighted by Gasteiger charge is -2.09. The molecule has 0 saturated heterocycles. The van der Waals surface area contributed by atoms with E-state index in [0.717, 1.165) is 11.4 Å². The van der Waals surface area contributed by atoms with Gasteiger partial charge in [-0.3, -0.25) is 0 Å². The van der Waals surface area contributed by atoms with Crippen molar-refractivity contribution in [3.8, 4) is 6.07 Å². The number of rotatable bonds is 5. The first-order chi connectivity index (χ1) is 12.1. The molecule has 2 aromatic carbocycles. The summed E-state index contributed by atoms with van der Waals surface area (Å²) in [6.07, 6.45) is 1.55. The van der Waals surface area contributed by atoms with Gasteiger partial charge in [-0.1, -0.05) is 26.0 Å². The summed E-state index contributed by atoms with van der Waals surface area (Å²) in [6, 6.07) is 17.4. The van der Waals surface area contributed by atoms with Gasteiger partial charge < -0.3 is 10.6 Å². The largest absolute Gasteiger partial charge is 0.339 e. The van der Waals surface area contributed by atoms with Crippen LogP contribution in [0.2, 0.25) is 0 Å². The number of aromatic nitrogens is 3. The van der Waals surface area contributed by atoms with E-state index >= 15 is 0 Å². The molecule has 3 aromatic rings. The topological polar surface area (TPSA) is 86.5 Å². The highest BCUT2D eigenvalue weighted by atomic mass is 15.3. The highest BCUT2D eigenvalue weighted by molar-refractivity contribution is 5.59. The second-order valence-corrected chi connectivity index (χ2v) is 5.88. The molecule has 0 bridgehead atoms. The highest BCUT2D eigenvalue weighted by Gasteiger charge is 2.04. The van der Waals surface area contributed by atoms with Crippen LogP contribution in [-0.4, -0.2) is 15.2 Å². The molecule has 0 aliphatic carbocycles. The van der Waals surface area contributed by atoms with Crippen molar-refractivity contribution in [2.24, 2.45) is 0 Å². The van der Waals surface area contributed by atoms with Gasteiger partial charge >= 0.3 is 0 Å². The van der Waals surface area contributed by atoms with Crippen molar-refractivity contribution in [1.82, 2.24) is 15.2 Å².